The van der Waals surface area contributed by atoms with Crippen molar-refractivity contribution >= 4 is 27.4 Å². The SMILES string of the molecule is Cc1c(N)cnc(N2CCc3ccccc3C2)c1Br. The van der Waals surface area contributed by atoms with Crippen molar-refractivity contribution in [3.8, 4) is 0 Å². The van der Waals surface area contributed by atoms with E-state index in [1.54, 1.807) is 6.20 Å². The van der Waals surface area contributed by atoms with Gasteiger partial charge in [-0.05, 0) is 46.0 Å². The third kappa shape index (κ3) is 2.21. The van der Waals surface area contributed by atoms with E-state index in [-0.39, 0.29) is 0 Å². The summed E-state index contributed by atoms with van der Waals surface area (Å²) in [5.41, 5.74) is 10.5. The lowest BCUT2D eigenvalue weighted by Gasteiger charge is -2.30. The molecule has 1 aromatic carbocycles. The van der Waals surface area contributed by atoms with Gasteiger partial charge in [0.2, 0.25) is 0 Å². The first-order valence-corrected chi connectivity index (χ1v) is 7.18. The standard InChI is InChI=1S/C15H16BrN3/c1-10-13(17)8-18-15(14(10)16)19-7-6-11-4-2-3-5-12(11)9-19/h2-5,8H,6-7,9,17H2,1H3. The van der Waals surface area contributed by atoms with Crippen molar-refractivity contribution < 1.29 is 0 Å². The zero-order valence-corrected chi connectivity index (χ0v) is 12.4. The largest absolute Gasteiger partial charge is 0.397 e. The van der Waals surface area contributed by atoms with E-state index in [1.165, 1.54) is 11.1 Å². The Labute approximate surface area is 121 Å². The van der Waals surface area contributed by atoms with Crippen molar-refractivity contribution in [2.75, 3.05) is 17.2 Å². The van der Waals surface area contributed by atoms with Crippen LogP contribution >= 0.6 is 15.9 Å². The normalized spacial score (nSPS) is 14.3. The van der Waals surface area contributed by atoms with Crippen molar-refractivity contribution in [3.05, 3.63) is 51.6 Å². The summed E-state index contributed by atoms with van der Waals surface area (Å²) in [6.45, 7) is 3.92. The van der Waals surface area contributed by atoms with Crippen LogP contribution in [0, 0.1) is 6.92 Å². The Morgan fingerprint density at radius 3 is 2.79 bits per heavy atom. The Balaban J connectivity index is 1.96. The van der Waals surface area contributed by atoms with E-state index < -0.39 is 0 Å². The number of nitrogen functional groups attached to an aromatic ring is 1. The Morgan fingerprint density at radius 1 is 1.26 bits per heavy atom. The quantitative estimate of drug-likeness (QED) is 0.877. The average molecular weight is 318 g/mol. The molecule has 0 fully saturated rings. The number of nitrogens with zero attached hydrogens (tertiary/aromatic N) is 2. The first-order valence-electron chi connectivity index (χ1n) is 6.39. The molecular formula is C15H16BrN3. The summed E-state index contributed by atoms with van der Waals surface area (Å²) in [4.78, 5) is 6.79. The molecule has 0 bridgehead atoms. The average Bonchev–Trinajstić information content (AvgIpc) is 2.44. The van der Waals surface area contributed by atoms with Crippen LogP contribution in [0.25, 0.3) is 0 Å². The molecular weight excluding hydrogens is 302 g/mol. The van der Waals surface area contributed by atoms with Gasteiger partial charge < -0.3 is 10.6 Å². The molecule has 98 valence electrons. The fourth-order valence-corrected chi connectivity index (χ4v) is 3.06. The molecule has 0 spiro atoms. The highest BCUT2D eigenvalue weighted by Gasteiger charge is 2.20. The number of halogens is 1. The van der Waals surface area contributed by atoms with Crippen molar-refractivity contribution in [1.29, 1.82) is 0 Å². The summed E-state index contributed by atoms with van der Waals surface area (Å²) in [5.74, 6) is 0.987. The maximum atomic E-state index is 5.88. The van der Waals surface area contributed by atoms with Gasteiger partial charge >= 0.3 is 0 Å². The molecule has 3 rings (SSSR count). The van der Waals surface area contributed by atoms with E-state index in [1.807, 2.05) is 6.92 Å². The van der Waals surface area contributed by atoms with Gasteiger partial charge in [-0.15, -0.1) is 0 Å². The summed E-state index contributed by atoms with van der Waals surface area (Å²) in [6.07, 6.45) is 2.81. The summed E-state index contributed by atoms with van der Waals surface area (Å²) in [5, 5.41) is 0. The zero-order valence-electron chi connectivity index (χ0n) is 10.9. The number of fused-ring (bicyclic) bond motifs is 1. The third-order valence-corrected chi connectivity index (χ3v) is 4.66. The second kappa shape index (κ2) is 4.85. The molecule has 1 aliphatic heterocycles. The van der Waals surface area contributed by atoms with E-state index in [9.17, 15) is 0 Å². The van der Waals surface area contributed by atoms with Gasteiger partial charge in [0.05, 0.1) is 16.4 Å². The Kier molecular flexibility index (Phi) is 3.19. The molecule has 1 aromatic heterocycles. The summed E-state index contributed by atoms with van der Waals surface area (Å²) in [7, 11) is 0. The zero-order chi connectivity index (χ0) is 13.4. The lowest BCUT2D eigenvalue weighted by atomic mass is 10.00. The number of hydrogen-bond donors (Lipinski definition) is 1. The van der Waals surface area contributed by atoms with Crippen molar-refractivity contribution in [2.24, 2.45) is 0 Å². The van der Waals surface area contributed by atoms with Gasteiger partial charge in [0, 0.05) is 13.1 Å². The van der Waals surface area contributed by atoms with Crippen LogP contribution in [0.1, 0.15) is 16.7 Å². The summed E-state index contributed by atoms with van der Waals surface area (Å²) >= 11 is 3.62. The molecule has 1 aliphatic rings. The molecule has 0 saturated carbocycles. The molecule has 0 aliphatic carbocycles. The van der Waals surface area contributed by atoms with Gasteiger partial charge in [-0.2, -0.15) is 0 Å². The molecule has 0 saturated heterocycles. The molecule has 0 amide bonds. The topological polar surface area (TPSA) is 42.1 Å². The lowest BCUT2D eigenvalue weighted by Crippen LogP contribution is -2.31. The molecule has 0 radical (unpaired) electrons. The Morgan fingerprint density at radius 2 is 2.00 bits per heavy atom. The van der Waals surface area contributed by atoms with E-state index in [2.05, 4.69) is 50.1 Å². The maximum absolute atomic E-state index is 5.88. The first kappa shape index (κ1) is 12.5. The van der Waals surface area contributed by atoms with Crippen molar-refractivity contribution in [1.82, 2.24) is 4.98 Å². The van der Waals surface area contributed by atoms with Crippen LogP contribution in [0.15, 0.2) is 34.9 Å². The summed E-state index contributed by atoms with van der Waals surface area (Å²) < 4.78 is 1.01. The second-order valence-electron chi connectivity index (χ2n) is 4.92. The maximum Gasteiger partial charge on any atom is 0.143 e. The number of hydrogen-bond acceptors (Lipinski definition) is 3. The van der Waals surface area contributed by atoms with Crippen LogP contribution in [-0.2, 0) is 13.0 Å². The van der Waals surface area contributed by atoms with Gasteiger partial charge in [-0.1, -0.05) is 24.3 Å². The Bertz CT molecular complexity index is 625. The predicted molar refractivity (Wildman–Crippen MR) is 82.3 cm³/mol. The highest BCUT2D eigenvalue weighted by molar-refractivity contribution is 9.10. The molecule has 2 heterocycles. The van der Waals surface area contributed by atoms with Crippen LogP contribution in [0.3, 0.4) is 0 Å². The van der Waals surface area contributed by atoms with Crippen LogP contribution in [-0.4, -0.2) is 11.5 Å². The van der Waals surface area contributed by atoms with E-state index in [4.69, 9.17) is 5.73 Å². The van der Waals surface area contributed by atoms with E-state index >= 15 is 0 Å². The predicted octanol–water partition coefficient (Wildman–Crippen LogP) is 3.30. The van der Waals surface area contributed by atoms with Gasteiger partial charge in [-0.25, -0.2) is 4.98 Å². The molecule has 3 nitrogen and oxygen atoms in total. The van der Waals surface area contributed by atoms with E-state index in [0.717, 1.165) is 41.1 Å². The van der Waals surface area contributed by atoms with E-state index in [0.29, 0.717) is 0 Å². The van der Waals surface area contributed by atoms with Crippen molar-refractivity contribution in [2.45, 2.75) is 19.9 Å². The van der Waals surface area contributed by atoms with Gasteiger partial charge in [0.1, 0.15) is 5.82 Å². The number of aromatic nitrogens is 1. The molecule has 0 atom stereocenters. The highest BCUT2D eigenvalue weighted by atomic mass is 79.9. The second-order valence-corrected chi connectivity index (χ2v) is 5.71. The molecule has 2 aromatic rings. The van der Waals surface area contributed by atoms with Crippen LogP contribution in [0.5, 0.6) is 0 Å². The number of anilines is 2. The molecule has 4 heteroatoms. The fraction of sp³-hybridized carbons (Fsp3) is 0.267. The molecule has 2 N–H and O–H groups in total. The monoisotopic (exact) mass is 317 g/mol. The molecule has 19 heavy (non-hydrogen) atoms. The van der Waals surface area contributed by atoms with Gasteiger partial charge in [-0.3, -0.25) is 0 Å². The van der Waals surface area contributed by atoms with Gasteiger partial charge in [0.15, 0.2) is 0 Å². The van der Waals surface area contributed by atoms with Crippen LogP contribution in [0.2, 0.25) is 0 Å². The van der Waals surface area contributed by atoms with Gasteiger partial charge in [0.25, 0.3) is 0 Å². The third-order valence-electron chi connectivity index (χ3n) is 3.71. The number of nitrogens with two attached hydrogens (primary N) is 1. The minimum atomic E-state index is 0.730. The summed E-state index contributed by atoms with van der Waals surface area (Å²) in [6, 6.07) is 8.61. The number of pyridine rings is 1. The minimum Gasteiger partial charge on any atom is -0.397 e. The Hall–Kier alpha value is -1.55. The van der Waals surface area contributed by atoms with Crippen LogP contribution < -0.4 is 10.6 Å². The fourth-order valence-electron chi connectivity index (χ4n) is 2.48. The highest BCUT2D eigenvalue weighted by Crippen LogP contribution is 2.33. The smallest absolute Gasteiger partial charge is 0.143 e. The molecule has 0 unspecified atom stereocenters. The number of rotatable bonds is 1. The first-order chi connectivity index (χ1) is 9.16. The van der Waals surface area contributed by atoms with Crippen LogP contribution in [0.4, 0.5) is 11.5 Å². The van der Waals surface area contributed by atoms with Crippen molar-refractivity contribution in [3.63, 3.8) is 0 Å². The number of benzene rings is 1. The lowest BCUT2D eigenvalue weighted by molar-refractivity contribution is 0.719. The minimum absolute atomic E-state index is 0.730.